The Kier molecular flexibility index (Phi) is 2.78. The predicted molar refractivity (Wildman–Crippen MR) is 56.6 cm³/mol. The molecule has 0 aliphatic carbocycles. The number of para-hydroxylation sites is 1. The van der Waals surface area contributed by atoms with E-state index < -0.39 is 0 Å². The summed E-state index contributed by atoms with van der Waals surface area (Å²) in [5, 5.41) is 3.00. The van der Waals surface area contributed by atoms with Gasteiger partial charge in [0.15, 0.2) is 6.29 Å². The first-order valence-electron chi connectivity index (χ1n) is 4.83. The predicted octanol–water partition coefficient (Wildman–Crippen LogP) is 0.190. The number of benzene rings is 1. The Hall–Kier alpha value is -1.68. The topological polar surface area (TPSA) is 49.4 Å². The highest BCUT2D eigenvalue weighted by molar-refractivity contribution is 6.27. The maximum Gasteiger partial charge on any atom is 0.213 e. The summed E-state index contributed by atoms with van der Waals surface area (Å²) in [6, 6.07) is 9.45. The second kappa shape index (κ2) is 4.23. The molecular weight excluding hydrogens is 192 g/mol. The molecule has 1 unspecified atom stereocenters. The molecule has 1 fully saturated rings. The molecule has 78 valence electrons. The fourth-order valence-electron chi connectivity index (χ4n) is 1.68. The van der Waals surface area contributed by atoms with Gasteiger partial charge in [-0.1, -0.05) is 18.2 Å². The van der Waals surface area contributed by atoms with Crippen molar-refractivity contribution in [3.8, 4) is 0 Å². The maximum absolute atomic E-state index is 11.1. The molecule has 1 saturated heterocycles. The number of carbonyl (C=O) groups excluding carboxylic acids is 2. The van der Waals surface area contributed by atoms with E-state index in [1.807, 2.05) is 35.2 Å². The Morgan fingerprint density at radius 1 is 1.40 bits per heavy atom. The smallest absolute Gasteiger partial charge is 0.213 e. The van der Waals surface area contributed by atoms with Crippen molar-refractivity contribution in [2.75, 3.05) is 18.1 Å². The minimum Gasteiger partial charge on any atom is -0.357 e. The standard InChI is InChI=1S/C11H12N2O2/c14-7-11(15)10-6-13(8-12-10)9-4-2-1-3-5-9/h1-5,7,10,12H,6,8H2. The monoisotopic (exact) mass is 204 g/mol. The van der Waals surface area contributed by atoms with Crippen molar-refractivity contribution < 1.29 is 9.59 Å². The van der Waals surface area contributed by atoms with E-state index in [2.05, 4.69) is 5.32 Å². The van der Waals surface area contributed by atoms with Crippen LogP contribution in [-0.2, 0) is 9.59 Å². The summed E-state index contributed by atoms with van der Waals surface area (Å²) in [6.07, 6.45) is 0.381. The van der Waals surface area contributed by atoms with Crippen LogP contribution in [0.25, 0.3) is 0 Å². The molecule has 0 saturated carbocycles. The molecule has 0 spiro atoms. The average Bonchev–Trinajstić information content (AvgIpc) is 2.78. The van der Waals surface area contributed by atoms with Crippen LogP contribution in [0, 0.1) is 0 Å². The molecule has 0 bridgehead atoms. The number of nitrogens with one attached hydrogen (secondary N) is 1. The van der Waals surface area contributed by atoms with Gasteiger partial charge in [-0.25, -0.2) is 0 Å². The lowest BCUT2D eigenvalue weighted by Gasteiger charge is -2.16. The van der Waals surface area contributed by atoms with Crippen molar-refractivity contribution in [3.05, 3.63) is 30.3 Å². The van der Waals surface area contributed by atoms with Crippen LogP contribution in [0.5, 0.6) is 0 Å². The highest BCUT2D eigenvalue weighted by Gasteiger charge is 2.26. The number of ketones is 1. The molecule has 1 N–H and O–H groups in total. The van der Waals surface area contributed by atoms with Gasteiger partial charge in [0.25, 0.3) is 0 Å². The molecule has 4 nitrogen and oxygen atoms in total. The van der Waals surface area contributed by atoms with Gasteiger partial charge in [0.2, 0.25) is 5.78 Å². The van der Waals surface area contributed by atoms with Crippen LogP contribution >= 0.6 is 0 Å². The van der Waals surface area contributed by atoms with Gasteiger partial charge in [0, 0.05) is 12.2 Å². The first-order valence-corrected chi connectivity index (χ1v) is 4.83. The van der Waals surface area contributed by atoms with Crippen molar-refractivity contribution in [2.45, 2.75) is 6.04 Å². The second-order valence-electron chi connectivity index (χ2n) is 3.49. The van der Waals surface area contributed by atoms with Gasteiger partial charge in [0.05, 0.1) is 12.7 Å². The molecule has 4 heteroatoms. The molecular formula is C11H12N2O2. The lowest BCUT2D eigenvalue weighted by molar-refractivity contribution is -0.130. The van der Waals surface area contributed by atoms with Crippen LogP contribution in [-0.4, -0.2) is 31.3 Å². The Morgan fingerprint density at radius 3 is 2.80 bits per heavy atom. The number of aldehydes is 1. The highest BCUT2D eigenvalue weighted by Crippen LogP contribution is 2.15. The maximum atomic E-state index is 11.1. The van der Waals surface area contributed by atoms with Crippen molar-refractivity contribution in [1.29, 1.82) is 0 Å². The lowest BCUT2D eigenvalue weighted by Crippen LogP contribution is -2.33. The SMILES string of the molecule is O=CC(=O)C1CN(c2ccccc2)CN1. The fraction of sp³-hybridized carbons (Fsp3) is 0.273. The minimum absolute atomic E-state index is 0.359. The van der Waals surface area contributed by atoms with E-state index in [9.17, 15) is 9.59 Å². The van der Waals surface area contributed by atoms with E-state index in [1.165, 1.54) is 0 Å². The summed E-state index contributed by atoms with van der Waals surface area (Å²) < 4.78 is 0. The molecule has 1 atom stereocenters. The summed E-state index contributed by atoms with van der Waals surface area (Å²) in [5.74, 6) is -0.381. The van der Waals surface area contributed by atoms with Crippen molar-refractivity contribution in [2.24, 2.45) is 0 Å². The Bertz CT molecular complexity index is 364. The number of Topliss-reactive ketones (excluding diaryl/α,β-unsaturated/α-hetero) is 1. The molecule has 1 aliphatic rings. The number of hydrogen-bond acceptors (Lipinski definition) is 4. The van der Waals surface area contributed by atoms with Gasteiger partial charge in [-0.2, -0.15) is 0 Å². The lowest BCUT2D eigenvalue weighted by atomic mass is 10.2. The van der Waals surface area contributed by atoms with Crippen molar-refractivity contribution in [1.82, 2.24) is 5.32 Å². The number of rotatable bonds is 3. The summed E-state index contributed by atoms with van der Waals surface area (Å²) in [6.45, 7) is 1.16. The first kappa shape index (κ1) is 9.86. The summed E-state index contributed by atoms with van der Waals surface area (Å²) in [5.41, 5.74) is 1.06. The molecule has 1 aromatic rings. The third kappa shape index (κ3) is 2.05. The van der Waals surface area contributed by atoms with Gasteiger partial charge in [-0.05, 0) is 12.1 Å². The third-order valence-electron chi connectivity index (χ3n) is 2.51. The van der Waals surface area contributed by atoms with Crippen LogP contribution in [0.2, 0.25) is 0 Å². The fourth-order valence-corrected chi connectivity index (χ4v) is 1.68. The summed E-state index contributed by atoms with van der Waals surface area (Å²) in [7, 11) is 0. The van der Waals surface area contributed by atoms with Gasteiger partial charge < -0.3 is 4.90 Å². The van der Waals surface area contributed by atoms with Crippen LogP contribution in [0.15, 0.2) is 30.3 Å². The Balaban J connectivity index is 2.05. The first-order chi connectivity index (χ1) is 7.31. The van der Waals surface area contributed by atoms with E-state index in [-0.39, 0.29) is 11.8 Å². The molecule has 1 aliphatic heterocycles. The normalized spacial score (nSPS) is 20.3. The van der Waals surface area contributed by atoms with Crippen LogP contribution in [0.3, 0.4) is 0 Å². The quantitative estimate of drug-likeness (QED) is 0.564. The number of hydrogen-bond donors (Lipinski definition) is 1. The number of anilines is 1. The molecule has 2 rings (SSSR count). The van der Waals surface area contributed by atoms with E-state index >= 15 is 0 Å². The van der Waals surface area contributed by atoms with Crippen LogP contribution in [0.4, 0.5) is 5.69 Å². The number of nitrogens with zero attached hydrogens (tertiary/aromatic N) is 1. The zero-order chi connectivity index (χ0) is 10.7. The van der Waals surface area contributed by atoms with E-state index in [0.29, 0.717) is 19.5 Å². The summed E-state index contributed by atoms with van der Waals surface area (Å²) >= 11 is 0. The minimum atomic E-state index is -0.381. The molecule has 0 amide bonds. The molecule has 0 radical (unpaired) electrons. The van der Waals surface area contributed by atoms with Crippen molar-refractivity contribution >= 4 is 17.8 Å². The highest BCUT2D eigenvalue weighted by atomic mass is 16.2. The van der Waals surface area contributed by atoms with Crippen molar-refractivity contribution in [3.63, 3.8) is 0 Å². The van der Waals surface area contributed by atoms with Crippen LogP contribution in [0.1, 0.15) is 0 Å². The Morgan fingerprint density at radius 2 is 2.13 bits per heavy atom. The molecule has 15 heavy (non-hydrogen) atoms. The van der Waals surface area contributed by atoms with Gasteiger partial charge in [-0.15, -0.1) is 0 Å². The second-order valence-corrected chi connectivity index (χ2v) is 3.49. The molecule has 0 aromatic heterocycles. The van der Waals surface area contributed by atoms with Crippen LogP contribution < -0.4 is 10.2 Å². The largest absolute Gasteiger partial charge is 0.357 e. The molecule has 1 heterocycles. The van der Waals surface area contributed by atoms with Gasteiger partial charge in [-0.3, -0.25) is 14.9 Å². The Labute approximate surface area is 87.9 Å². The van der Waals surface area contributed by atoms with E-state index in [0.717, 1.165) is 5.69 Å². The molecule has 1 aromatic carbocycles. The summed E-state index contributed by atoms with van der Waals surface area (Å²) in [4.78, 5) is 23.5. The van der Waals surface area contributed by atoms with E-state index in [4.69, 9.17) is 0 Å². The van der Waals surface area contributed by atoms with E-state index in [1.54, 1.807) is 0 Å². The number of carbonyl (C=O) groups is 2. The van der Waals surface area contributed by atoms with Gasteiger partial charge >= 0.3 is 0 Å². The average molecular weight is 204 g/mol. The third-order valence-corrected chi connectivity index (χ3v) is 2.51. The van der Waals surface area contributed by atoms with Gasteiger partial charge in [0.1, 0.15) is 0 Å². The zero-order valence-corrected chi connectivity index (χ0v) is 8.22. The zero-order valence-electron chi connectivity index (χ0n) is 8.22.